The number of rotatable bonds is 6. The number of aliphatic hydroxyl groups is 1. The van der Waals surface area contributed by atoms with Crippen LogP contribution in [0.25, 0.3) is 0 Å². The van der Waals surface area contributed by atoms with Gasteiger partial charge >= 0.3 is 0 Å². The van der Waals surface area contributed by atoms with Gasteiger partial charge in [-0.05, 0) is 31.4 Å². The average molecular weight is 402 g/mol. The number of oxime groups is 1. The van der Waals surface area contributed by atoms with E-state index in [1.165, 1.54) is 0 Å². The highest BCUT2D eigenvalue weighted by Gasteiger charge is 2.46. The third-order valence-corrected chi connectivity index (χ3v) is 6.50. The lowest BCUT2D eigenvalue weighted by molar-refractivity contribution is -0.150. The van der Waals surface area contributed by atoms with Crippen LogP contribution in [0.3, 0.4) is 0 Å². The summed E-state index contributed by atoms with van der Waals surface area (Å²) in [6, 6.07) is 7.79. The normalized spacial score (nSPS) is 26.1. The maximum atomic E-state index is 13.5. The number of carbonyl (C=O) groups is 1. The fourth-order valence-electron chi connectivity index (χ4n) is 4.78. The van der Waals surface area contributed by atoms with Crippen LogP contribution in [0, 0.1) is 11.3 Å². The van der Waals surface area contributed by atoms with Crippen LogP contribution in [0.2, 0.25) is 0 Å². The van der Waals surface area contributed by atoms with Gasteiger partial charge in [0, 0.05) is 57.2 Å². The van der Waals surface area contributed by atoms with E-state index in [0.717, 1.165) is 30.0 Å². The molecule has 1 N–H and O–H groups in total. The van der Waals surface area contributed by atoms with Gasteiger partial charge < -0.3 is 24.3 Å². The first-order chi connectivity index (χ1) is 14.1. The summed E-state index contributed by atoms with van der Waals surface area (Å²) in [5, 5.41) is 13.8. The first-order valence-electron chi connectivity index (χ1n) is 10.5. The maximum absolute atomic E-state index is 13.5. The largest absolute Gasteiger partial charge is 0.496 e. The topological polar surface area (TPSA) is 80.6 Å². The van der Waals surface area contributed by atoms with E-state index in [2.05, 4.69) is 5.16 Å². The third kappa shape index (κ3) is 4.12. The predicted molar refractivity (Wildman–Crippen MR) is 108 cm³/mol. The van der Waals surface area contributed by atoms with Gasteiger partial charge in [-0.3, -0.25) is 4.79 Å². The molecule has 0 saturated carbocycles. The second-order valence-corrected chi connectivity index (χ2v) is 8.36. The Balaban J connectivity index is 1.46. The first kappa shape index (κ1) is 20.2. The van der Waals surface area contributed by atoms with Gasteiger partial charge in [-0.2, -0.15) is 0 Å². The summed E-state index contributed by atoms with van der Waals surface area (Å²) in [7, 11) is 1.65. The van der Waals surface area contributed by atoms with Crippen LogP contribution in [0.1, 0.15) is 37.7 Å². The monoisotopic (exact) mass is 402 g/mol. The van der Waals surface area contributed by atoms with Crippen molar-refractivity contribution in [2.75, 3.05) is 40.0 Å². The predicted octanol–water partition coefficient (Wildman–Crippen LogP) is 2.22. The molecule has 4 rings (SSSR count). The summed E-state index contributed by atoms with van der Waals surface area (Å²) in [6.07, 6.45) is 3.45. The van der Waals surface area contributed by atoms with Gasteiger partial charge in [-0.15, -0.1) is 0 Å². The standard InChI is InChI=1S/C22H30N2O5/c1-27-20-5-3-2-4-18(20)19-12-17(29-23-19)13-22(7-10-28-11-8-22)21(26)24-9-6-16(14-24)15-25/h2-5,16-17,25H,6-15H2,1H3/t16-,17-/m0/s1. The molecule has 1 aromatic rings. The minimum absolute atomic E-state index is 0.131. The minimum Gasteiger partial charge on any atom is -0.496 e. The fourth-order valence-corrected chi connectivity index (χ4v) is 4.78. The molecule has 7 nitrogen and oxygen atoms in total. The number of para-hydroxylation sites is 1. The smallest absolute Gasteiger partial charge is 0.229 e. The number of likely N-dealkylation sites (tertiary alicyclic amines) is 1. The first-order valence-corrected chi connectivity index (χ1v) is 10.5. The zero-order valence-electron chi connectivity index (χ0n) is 17.0. The van der Waals surface area contributed by atoms with Gasteiger partial charge in [-0.1, -0.05) is 17.3 Å². The minimum atomic E-state index is -0.473. The van der Waals surface area contributed by atoms with E-state index in [0.29, 0.717) is 45.4 Å². The van der Waals surface area contributed by atoms with Crippen molar-refractivity contribution in [1.82, 2.24) is 4.90 Å². The van der Waals surface area contributed by atoms with Crippen LogP contribution < -0.4 is 4.74 Å². The highest BCUT2D eigenvalue weighted by Crippen LogP contribution is 2.41. The number of amides is 1. The lowest BCUT2D eigenvalue weighted by Crippen LogP contribution is -2.48. The van der Waals surface area contributed by atoms with Crippen molar-refractivity contribution in [3.8, 4) is 5.75 Å². The van der Waals surface area contributed by atoms with E-state index in [-0.39, 0.29) is 24.5 Å². The van der Waals surface area contributed by atoms with E-state index in [1.54, 1.807) is 7.11 Å². The molecule has 29 heavy (non-hydrogen) atoms. The molecular formula is C22H30N2O5. The number of hydrogen-bond donors (Lipinski definition) is 1. The van der Waals surface area contributed by atoms with Crippen molar-refractivity contribution in [2.24, 2.45) is 16.5 Å². The van der Waals surface area contributed by atoms with E-state index in [1.807, 2.05) is 29.2 Å². The zero-order chi connectivity index (χ0) is 20.3. The Labute approximate surface area is 171 Å². The van der Waals surface area contributed by atoms with Crippen LogP contribution in [-0.4, -0.2) is 67.7 Å². The molecule has 1 amide bonds. The van der Waals surface area contributed by atoms with Crippen LogP contribution >= 0.6 is 0 Å². The molecule has 0 bridgehead atoms. The Kier molecular flexibility index (Phi) is 6.06. The molecule has 158 valence electrons. The number of carbonyl (C=O) groups excluding carboxylic acids is 1. The van der Waals surface area contributed by atoms with Crippen LogP contribution in [0.5, 0.6) is 5.75 Å². The van der Waals surface area contributed by atoms with Crippen molar-refractivity contribution < 1.29 is 24.2 Å². The SMILES string of the molecule is COc1ccccc1C1=NO[C@H](CC2(C(=O)N3CC[C@H](CO)C3)CCOCC2)C1. The Morgan fingerprint density at radius 1 is 1.34 bits per heavy atom. The summed E-state index contributed by atoms with van der Waals surface area (Å²) < 4.78 is 11.0. The van der Waals surface area contributed by atoms with Crippen molar-refractivity contribution >= 4 is 11.6 Å². The highest BCUT2D eigenvalue weighted by atomic mass is 16.6. The molecule has 2 fully saturated rings. The maximum Gasteiger partial charge on any atom is 0.229 e. The third-order valence-electron chi connectivity index (χ3n) is 6.50. The number of nitrogens with zero attached hydrogens (tertiary/aromatic N) is 2. The van der Waals surface area contributed by atoms with Crippen LogP contribution in [0.15, 0.2) is 29.4 Å². The molecule has 3 aliphatic rings. The quantitative estimate of drug-likeness (QED) is 0.789. The molecule has 7 heteroatoms. The molecule has 0 aromatic heterocycles. The second-order valence-electron chi connectivity index (χ2n) is 8.36. The van der Waals surface area contributed by atoms with Gasteiger partial charge in [0.05, 0.1) is 18.2 Å². The second kappa shape index (κ2) is 8.71. The molecule has 2 atom stereocenters. The van der Waals surface area contributed by atoms with Crippen molar-refractivity contribution in [3.05, 3.63) is 29.8 Å². The Morgan fingerprint density at radius 2 is 2.14 bits per heavy atom. The van der Waals surface area contributed by atoms with E-state index < -0.39 is 5.41 Å². The van der Waals surface area contributed by atoms with Gasteiger partial charge in [0.2, 0.25) is 5.91 Å². The van der Waals surface area contributed by atoms with E-state index in [9.17, 15) is 9.90 Å². The average Bonchev–Trinajstić information content (AvgIpc) is 3.43. The van der Waals surface area contributed by atoms with Gasteiger partial charge in [-0.25, -0.2) is 0 Å². The molecule has 3 heterocycles. The van der Waals surface area contributed by atoms with Gasteiger partial charge in [0.1, 0.15) is 11.9 Å². The summed E-state index contributed by atoms with van der Waals surface area (Å²) in [4.78, 5) is 21.2. The highest BCUT2D eigenvalue weighted by molar-refractivity contribution is 6.03. The summed E-state index contributed by atoms with van der Waals surface area (Å²) in [6.45, 7) is 2.70. The number of aliphatic hydroxyl groups excluding tert-OH is 1. The molecule has 0 unspecified atom stereocenters. The van der Waals surface area contributed by atoms with Crippen molar-refractivity contribution in [1.29, 1.82) is 0 Å². The molecule has 0 radical (unpaired) electrons. The number of ether oxygens (including phenoxy) is 2. The van der Waals surface area contributed by atoms with Crippen LogP contribution in [-0.2, 0) is 14.4 Å². The van der Waals surface area contributed by atoms with Crippen LogP contribution in [0.4, 0.5) is 0 Å². The Hall–Kier alpha value is -2.12. The number of hydrogen-bond acceptors (Lipinski definition) is 6. The summed E-state index contributed by atoms with van der Waals surface area (Å²) in [5.41, 5.74) is 1.33. The molecule has 1 aromatic carbocycles. The molecular weight excluding hydrogens is 372 g/mol. The summed E-state index contributed by atoms with van der Waals surface area (Å²) in [5.74, 6) is 1.16. The lowest BCUT2D eigenvalue weighted by Gasteiger charge is -2.39. The molecule has 2 saturated heterocycles. The van der Waals surface area contributed by atoms with Crippen molar-refractivity contribution in [2.45, 2.75) is 38.2 Å². The number of methoxy groups -OCH3 is 1. The van der Waals surface area contributed by atoms with E-state index in [4.69, 9.17) is 14.3 Å². The Morgan fingerprint density at radius 3 is 2.86 bits per heavy atom. The zero-order valence-corrected chi connectivity index (χ0v) is 17.0. The molecule has 0 aliphatic carbocycles. The molecule has 3 aliphatic heterocycles. The van der Waals surface area contributed by atoms with E-state index >= 15 is 0 Å². The Bertz CT molecular complexity index is 759. The van der Waals surface area contributed by atoms with Crippen molar-refractivity contribution in [3.63, 3.8) is 0 Å². The molecule has 0 spiro atoms. The fraction of sp³-hybridized carbons (Fsp3) is 0.636. The number of benzene rings is 1. The lowest BCUT2D eigenvalue weighted by atomic mass is 9.73. The van der Waals surface area contributed by atoms with Gasteiger partial charge in [0.25, 0.3) is 0 Å². The summed E-state index contributed by atoms with van der Waals surface area (Å²) >= 11 is 0. The van der Waals surface area contributed by atoms with Gasteiger partial charge in [0.15, 0.2) is 0 Å².